The lowest BCUT2D eigenvalue weighted by molar-refractivity contribution is 0.102. The summed E-state index contributed by atoms with van der Waals surface area (Å²) in [6.45, 7) is 4.21. The van der Waals surface area contributed by atoms with Gasteiger partial charge in [-0.25, -0.2) is 0 Å². The van der Waals surface area contributed by atoms with Crippen LogP contribution in [0.5, 0.6) is 0 Å². The van der Waals surface area contributed by atoms with E-state index in [-0.39, 0.29) is 11.5 Å². The number of anilines is 1. The Morgan fingerprint density at radius 2 is 2.10 bits per heavy atom. The predicted octanol–water partition coefficient (Wildman–Crippen LogP) is 2.38. The van der Waals surface area contributed by atoms with Crippen molar-refractivity contribution in [2.24, 2.45) is 0 Å². The van der Waals surface area contributed by atoms with Crippen LogP contribution < -0.4 is 10.9 Å². The lowest BCUT2D eigenvalue weighted by atomic mass is 10.1. The van der Waals surface area contributed by atoms with Crippen LogP contribution in [0.3, 0.4) is 0 Å². The molecule has 0 fully saturated rings. The number of amides is 1. The van der Waals surface area contributed by atoms with Gasteiger partial charge >= 0.3 is 0 Å². The van der Waals surface area contributed by atoms with Gasteiger partial charge in [-0.1, -0.05) is 25.2 Å². The molecule has 106 valence electrons. The number of aromatic nitrogens is 3. The SMILES string of the molecule is CCC(CC)c1nnc(NC(=O)c2ccc(=O)[nH]c2)s1. The van der Waals surface area contributed by atoms with E-state index in [1.165, 1.54) is 29.7 Å². The summed E-state index contributed by atoms with van der Waals surface area (Å²) in [6.07, 6.45) is 3.37. The van der Waals surface area contributed by atoms with Crippen molar-refractivity contribution < 1.29 is 4.79 Å². The number of nitrogens with one attached hydrogen (secondary N) is 2. The minimum atomic E-state index is -0.312. The molecule has 1 amide bonds. The molecule has 0 atom stereocenters. The van der Waals surface area contributed by atoms with Crippen LogP contribution in [0.25, 0.3) is 0 Å². The minimum absolute atomic E-state index is 0.242. The lowest BCUT2D eigenvalue weighted by Crippen LogP contribution is -2.14. The van der Waals surface area contributed by atoms with Crippen LogP contribution in [0, 0.1) is 0 Å². The number of nitrogens with zero attached hydrogens (tertiary/aromatic N) is 2. The second-order valence-corrected chi connectivity index (χ2v) is 5.36. The normalized spacial score (nSPS) is 10.8. The molecule has 0 aliphatic rings. The maximum atomic E-state index is 11.9. The molecule has 0 aliphatic carbocycles. The van der Waals surface area contributed by atoms with E-state index in [0.717, 1.165) is 17.8 Å². The topological polar surface area (TPSA) is 87.7 Å². The van der Waals surface area contributed by atoms with Crippen LogP contribution >= 0.6 is 11.3 Å². The number of rotatable bonds is 5. The van der Waals surface area contributed by atoms with E-state index in [4.69, 9.17) is 0 Å². The molecule has 2 N–H and O–H groups in total. The Kier molecular flexibility index (Phi) is 4.62. The van der Waals surface area contributed by atoms with Gasteiger partial charge in [-0.05, 0) is 18.9 Å². The molecule has 0 unspecified atom stereocenters. The fourth-order valence-electron chi connectivity index (χ4n) is 1.81. The van der Waals surface area contributed by atoms with E-state index < -0.39 is 0 Å². The van der Waals surface area contributed by atoms with Crippen LogP contribution in [0.4, 0.5) is 5.13 Å². The fourth-order valence-corrected chi connectivity index (χ4v) is 2.81. The van der Waals surface area contributed by atoms with Crippen molar-refractivity contribution >= 4 is 22.4 Å². The maximum absolute atomic E-state index is 11.9. The third-order valence-electron chi connectivity index (χ3n) is 3.04. The van der Waals surface area contributed by atoms with Gasteiger partial charge in [0.1, 0.15) is 5.01 Å². The largest absolute Gasteiger partial charge is 0.328 e. The first-order valence-electron chi connectivity index (χ1n) is 6.47. The van der Waals surface area contributed by atoms with Gasteiger partial charge in [0.05, 0.1) is 5.56 Å². The van der Waals surface area contributed by atoms with Gasteiger partial charge in [0.2, 0.25) is 10.7 Å². The molecule has 0 spiro atoms. The Hall–Kier alpha value is -2.02. The number of carbonyl (C=O) groups excluding carboxylic acids is 1. The zero-order valence-electron chi connectivity index (χ0n) is 11.3. The van der Waals surface area contributed by atoms with E-state index in [1.807, 2.05) is 0 Å². The second kappa shape index (κ2) is 6.42. The Morgan fingerprint density at radius 1 is 1.35 bits per heavy atom. The predicted molar refractivity (Wildman–Crippen MR) is 78.2 cm³/mol. The fraction of sp³-hybridized carbons (Fsp3) is 0.385. The first-order valence-corrected chi connectivity index (χ1v) is 7.29. The first-order chi connectivity index (χ1) is 9.63. The standard InChI is InChI=1S/C13H16N4O2S/c1-3-8(4-2)12-16-17-13(20-12)15-11(19)9-5-6-10(18)14-7-9/h5-8H,3-4H2,1-2H3,(H,14,18)(H,15,17,19). The van der Waals surface area contributed by atoms with E-state index >= 15 is 0 Å². The maximum Gasteiger partial charge on any atom is 0.258 e. The summed E-state index contributed by atoms with van der Waals surface area (Å²) in [7, 11) is 0. The molecule has 0 radical (unpaired) electrons. The number of H-pyrrole nitrogens is 1. The zero-order chi connectivity index (χ0) is 14.5. The highest BCUT2D eigenvalue weighted by atomic mass is 32.1. The highest BCUT2D eigenvalue weighted by Gasteiger charge is 2.15. The van der Waals surface area contributed by atoms with Gasteiger partial charge in [0.25, 0.3) is 5.91 Å². The van der Waals surface area contributed by atoms with Crippen LogP contribution in [-0.2, 0) is 0 Å². The van der Waals surface area contributed by atoms with E-state index in [2.05, 4.69) is 34.3 Å². The van der Waals surface area contributed by atoms with Crippen molar-refractivity contribution in [3.63, 3.8) is 0 Å². The summed E-state index contributed by atoms with van der Waals surface area (Å²) in [5.41, 5.74) is 0.136. The van der Waals surface area contributed by atoms with Crippen molar-refractivity contribution in [3.05, 3.63) is 39.3 Å². The average Bonchev–Trinajstić information content (AvgIpc) is 2.89. The minimum Gasteiger partial charge on any atom is -0.328 e. The highest BCUT2D eigenvalue weighted by Crippen LogP contribution is 2.28. The summed E-state index contributed by atoms with van der Waals surface area (Å²) in [6, 6.07) is 2.78. The summed E-state index contributed by atoms with van der Waals surface area (Å²) in [5, 5.41) is 12.2. The number of pyridine rings is 1. The Morgan fingerprint density at radius 3 is 2.70 bits per heavy atom. The number of hydrogen-bond acceptors (Lipinski definition) is 5. The quantitative estimate of drug-likeness (QED) is 0.885. The molecular formula is C13H16N4O2S. The van der Waals surface area contributed by atoms with E-state index in [0.29, 0.717) is 16.6 Å². The third kappa shape index (κ3) is 3.30. The van der Waals surface area contributed by atoms with Gasteiger partial charge in [-0.3, -0.25) is 14.9 Å². The Labute approximate surface area is 120 Å². The van der Waals surface area contributed by atoms with Gasteiger partial charge in [-0.2, -0.15) is 0 Å². The van der Waals surface area contributed by atoms with Crippen LogP contribution in [0.1, 0.15) is 48.0 Å². The molecule has 0 bridgehead atoms. The number of carbonyl (C=O) groups is 1. The molecular weight excluding hydrogens is 276 g/mol. The molecule has 0 aromatic carbocycles. The monoisotopic (exact) mass is 292 g/mol. The molecule has 2 rings (SSSR count). The van der Waals surface area contributed by atoms with Gasteiger partial charge < -0.3 is 4.98 Å². The van der Waals surface area contributed by atoms with Gasteiger partial charge in [0.15, 0.2) is 0 Å². The van der Waals surface area contributed by atoms with E-state index in [9.17, 15) is 9.59 Å². The second-order valence-electron chi connectivity index (χ2n) is 4.35. The summed E-state index contributed by atoms with van der Waals surface area (Å²) < 4.78 is 0. The van der Waals surface area contributed by atoms with Crippen LogP contribution in [0.15, 0.2) is 23.1 Å². The number of aromatic amines is 1. The Balaban J connectivity index is 2.08. The van der Waals surface area contributed by atoms with Crippen LogP contribution in [0.2, 0.25) is 0 Å². The molecule has 2 aromatic rings. The lowest BCUT2D eigenvalue weighted by Gasteiger charge is -2.05. The molecule has 0 aliphatic heterocycles. The van der Waals surface area contributed by atoms with Crippen molar-refractivity contribution in [1.82, 2.24) is 15.2 Å². The molecule has 0 saturated heterocycles. The highest BCUT2D eigenvalue weighted by molar-refractivity contribution is 7.15. The third-order valence-corrected chi connectivity index (χ3v) is 4.04. The average molecular weight is 292 g/mol. The van der Waals surface area contributed by atoms with Gasteiger partial charge in [-0.15, -0.1) is 10.2 Å². The molecule has 0 saturated carbocycles. The van der Waals surface area contributed by atoms with Crippen molar-refractivity contribution in [2.45, 2.75) is 32.6 Å². The first kappa shape index (κ1) is 14.4. The smallest absolute Gasteiger partial charge is 0.258 e. The summed E-state index contributed by atoms with van der Waals surface area (Å²) in [5.74, 6) is 0.0692. The summed E-state index contributed by atoms with van der Waals surface area (Å²) in [4.78, 5) is 25.3. The summed E-state index contributed by atoms with van der Waals surface area (Å²) >= 11 is 1.39. The van der Waals surface area contributed by atoms with Crippen molar-refractivity contribution in [3.8, 4) is 0 Å². The van der Waals surface area contributed by atoms with Crippen molar-refractivity contribution in [1.29, 1.82) is 0 Å². The zero-order valence-corrected chi connectivity index (χ0v) is 12.2. The van der Waals surface area contributed by atoms with Crippen LogP contribution in [-0.4, -0.2) is 21.1 Å². The molecule has 20 heavy (non-hydrogen) atoms. The molecule has 2 heterocycles. The van der Waals surface area contributed by atoms with E-state index in [1.54, 1.807) is 0 Å². The van der Waals surface area contributed by atoms with Gasteiger partial charge in [0, 0.05) is 18.2 Å². The molecule has 2 aromatic heterocycles. The van der Waals surface area contributed by atoms with Crippen molar-refractivity contribution in [2.75, 3.05) is 5.32 Å². The molecule has 6 nitrogen and oxygen atoms in total. The Bertz CT molecular complexity index is 625. The molecule has 7 heteroatoms. The number of hydrogen-bond donors (Lipinski definition) is 2.